The molecule has 15 heteroatoms. The van der Waals surface area contributed by atoms with Crippen LogP contribution in [0.3, 0.4) is 0 Å². The molecule has 0 aliphatic rings. The van der Waals surface area contributed by atoms with Crippen molar-refractivity contribution in [2.45, 2.75) is 71.1 Å². The van der Waals surface area contributed by atoms with Crippen LogP contribution < -0.4 is 59.1 Å². The summed E-state index contributed by atoms with van der Waals surface area (Å²) in [4.78, 5) is 54.8. The van der Waals surface area contributed by atoms with E-state index in [1.54, 1.807) is 0 Å². The second-order valence-corrected chi connectivity index (χ2v) is 7.37. The first kappa shape index (κ1) is 36.6. The van der Waals surface area contributed by atoms with Crippen LogP contribution in [-0.2, 0) is 42.6 Å². The number of rotatable bonds is 14. The first-order chi connectivity index (χ1) is 14.6. The first-order valence-corrected chi connectivity index (χ1v) is 10.9. The van der Waals surface area contributed by atoms with Crippen LogP contribution >= 0.6 is 0 Å². The third kappa shape index (κ3) is 24.0. The summed E-state index contributed by atoms with van der Waals surface area (Å²) in [5.41, 5.74) is 0. The van der Waals surface area contributed by atoms with Crippen molar-refractivity contribution in [3.8, 4) is 0 Å². The van der Waals surface area contributed by atoms with Crippen molar-refractivity contribution in [1.29, 1.82) is 0 Å². The van der Waals surface area contributed by atoms with E-state index in [0.29, 0.717) is 18.9 Å². The molecule has 180 valence electrons. The summed E-state index contributed by atoms with van der Waals surface area (Å²) in [6, 6.07) is 0. The number of carbonyl (C=O) groups excluding carboxylic acids is 4. The average Bonchev–Trinajstić information content (AvgIpc) is 2.63. The summed E-state index contributed by atoms with van der Waals surface area (Å²) >= 11 is 0. The smallest absolute Gasteiger partial charge is 1.00 e. The van der Waals surface area contributed by atoms with Gasteiger partial charge in [0.05, 0.1) is 0 Å². The largest absolute Gasteiger partial charge is 1.00 e. The number of carbonyl (C=O) groups is 5. The van der Waals surface area contributed by atoms with E-state index in [1.807, 2.05) is 0 Å². The van der Waals surface area contributed by atoms with E-state index < -0.39 is 40.6 Å². The van der Waals surface area contributed by atoms with Gasteiger partial charge in [0.1, 0.15) is 0 Å². The van der Waals surface area contributed by atoms with Crippen molar-refractivity contribution >= 4 is 40.6 Å². The van der Waals surface area contributed by atoms with Gasteiger partial charge in [-0.2, -0.15) is 0 Å². The number of unbranched alkanes of at least 4 members (excludes halogenated alkanes) is 8. The Balaban J connectivity index is -0.000000750. The molecule has 0 aliphatic carbocycles. The third-order valence-electron chi connectivity index (χ3n) is 3.58. The topological polar surface area (TPSA) is 177 Å². The van der Waals surface area contributed by atoms with Crippen molar-refractivity contribution in [2.75, 3.05) is 0 Å². The van der Waals surface area contributed by atoms with Gasteiger partial charge >= 0.3 is 99.7 Å². The SMILES string of the molecule is CCCCCCCCCCCC(=O)OS(=O)(=O)OC(=O)OC(=O)/C=C\C(=O)OC(=O)O.[H-].[H-].[Na+].[Na+]. The number of esters is 2. The van der Waals surface area contributed by atoms with E-state index in [9.17, 15) is 32.4 Å². The quantitative estimate of drug-likeness (QED) is 0.0841. The molecule has 0 heterocycles. The normalized spacial score (nSPS) is 10.3. The summed E-state index contributed by atoms with van der Waals surface area (Å²) < 4.78 is 38.2. The van der Waals surface area contributed by atoms with Crippen molar-refractivity contribution < 1.29 is 117 Å². The van der Waals surface area contributed by atoms with Crippen molar-refractivity contribution in [2.24, 2.45) is 0 Å². The fraction of sp³-hybridized carbons (Fsp3) is 0.611. The molecule has 0 radical (unpaired) electrons. The molecule has 0 aliphatic heterocycles. The van der Waals surface area contributed by atoms with E-state index in [4.69, 9.17) is 5.11 Å². The van der Waals surface area contributed by atoms with E-state index in [0.717, 1.165) is 25.7 Å². The first-order valence-electron chi connectivity index (χ1n) is 9.61. The van der Waals surface area contributed by atoms with Gasteiger partial charge in [0.15, 0.2) is 0 Å². The van der Waals surface area contributed by atoms with Crippen molar-refractivity contribution in [3.63, 3.8) is 0 Å². The van der Waals surface area contributed by atoms with E-state index in [2.05, 4.69) is 24.8 Å². The maximum Gasteiger partial charge on any atom is 1.00 e. The Morgan fingerprint density at radius 1 is 0.758 bits per heavy atom. The molecule has 0 aromatic carbocycles. The summed E-state index contributed by atoms with van der Waals surface area (Å²) in [7, 11) is -5.10. The van der Waals surface area contributed by atoms with Crippen molar-refractivity contribution in [3.05, 3.63) is 12.2 Å². The van der Waals surface area contributed by atoms with Gasteiger partial charge in [-0.25, -0.2) is 19.2 Å². The van der Waals surface area contributed by atoms with Crippen LogP contribution in [0.1, 0.15) is 74.0 Å². The Morgan fingerprint density at radius 2 is 1.21 bits per heavy atom. The van der Waals surface area contributed by atoms with Gasteiger partial charge in [0.25, 0.3) is 0 Å². The fourth-order valence-electron chi connectivity index (χ4n) is 2.23. The molecule has 12 nitrogen and oxygen atoms in total. The zero-order valence-corrected chi connectivity index (χ0v) is 23.9. The molecule has 1 N–H and O–H groups in total. The molecule has 0 fully saturated rings. The zero-order chi connectivity index (χ0) is 23.7. The Bertz CT molecular complexity index is 775. The predicted octanol–water partition coefficient (Wildman–Crippen LogP) is -2.61. The molecule has 0 amide bonds. The van der Waals surface area contributed by atoms with Crippen LogP contribution in [0.5, 0.6) is 0 Å². The van der Waals surface area contributed by atoms with Crippen LogP contribution in [-0.4, -0.2) is 43.7 Å². The van der Waals surface area contributed by atoms with Gasteiger partial charge in [-0.15, -0.1) is 8.42 Å². The molecule has 0 atom stereocenters. The molecule has 0 spiro atoms. The molecule has 0 aromatic heterocycles. The molecule has 33 heavy (non-hydrogen) atoms. The molecule has 0 bridgehead atoms. The number of hydrogen-bond donors (Lipinski definition) is 1. The van der Waals surface area contributed by atoms with Crippen molar-refractivity contribution in [1.82, 2.24) is 0 Å². The Morgan fingerprint density at radius 3 is 1.70 bits per heavy atom. The van der Waals surface area contributed by atoms with Gasteiger partial charge in [-0.05, 0) is 6.42 Å². The summed E-state index contributed by atoms with van der Waals surface area (Å²) in [5.74, 6) is -4.17. The third-order valence-corrected chi connectivity index (χ3v) is 4.31. The molecular weight excluding hydrogens is 486 g/mol. The minimum Gasteiger partial charge on any atom is -1.00 e. The molecule has 0 aromatic rings. The van der Waals surface area contributed by atoms with Crippen LogP contribution in [0.4, 0.5) is 9.59 Å². The summed E-state index contributed by atoms with van der Waals surface area (Å²) in [5, 5.41) is 8.15. The standard InChI is InChI=1S/C18H26O12S.2Na.2H/c1-2-3-4-5-6-7-8-9-10-11-16(21)29-31(25,26)30-18(24)28-15(20)13-12-14(19)27-17(22)23;;;;/h12-13H,2-11H2,1H3,(H,22,23);;;;/q;2*+1;2*-1/b13-12-;;;;. The van der Waals surface area contributed by atoms with Crippen LogP contribution in [0.25, 0.3) is 0 Å². The summed E-state index contributed by atoms with van der Waals surface area (Å²) in [6.45, 7) is 2.14. The molecule has 0 saturated carbocycles. The Kier molecular flexibility index (Phi) is 23.9. The second kappa shape index (κ2) is 21.6. The van der Waals surface area contributed by atoms with Gasteiger partial charge in [0, 0.05) is 18.6 Å². The Labute approximate surface area is 239 Å². The average molecular weight is 514 g/mol. The maximum atomic E-state index is 11.5. The van der Waals surface area contributed by atoms with E-state index in [-0.39, 0.29) is 74.5 Å². The second-order valence-electron chi connectivity index (χ2n) is 6.22. The number of carboxylic acid groups (broad SMARTS) is 1. The minimum atomic E-state index is -5.10. The maximum absolute atomic E-state index is 11.5. The molecule has 0 rings (SSSR count). The number of hydrogen-bond acceptors (Lipinski definition) is 11. The van der Waals surface area contributed by atoms with Gasteiger partial charge < -0.3 is 21.6 Å². The minimum absolute atomic E-state index is 0. The van der Waals surface area contributed by atoms with E-state index >= 15 is 0 Å². The van der Waals surface area contributed by atoms with Crippen LogP contribution in [0.2, 0.25) is 0 Å². The van der Waals surface area contributed by atoms with Crippen LogP contribution in [0, 0.1) is 0 Å². The number of ether oxygens (including phenoxy) is 2. The predicted molar refractivity (Wildman–Crippen MR) is 105 cm³/mol. The zero-order valence-electron chi connectivity index (χ0n) is 21.1. The van der Waals surface area contributed by atoms with Crippen LogP contribution in [0.15, 0.2) is 12.2 Å². The monoisotopic (exact) mass is 514 g/mol. The van der Waals surface area contributed by atoms with Gasteiger partial charge in [-0.1, -0.05) is 58.3 Å². The van der Waals surface area contributed by atoms with Gasteiger partial charge in [-0.3, -0.25) is 8.98 Å². The molecule has 0 unspecified atom stereocenters. The molecular formula is C18H28Na2O12S. The Hall–Kier alpha value is -0.960. The fourth-order valence-corrected chi connectivity index (χ4v) is 2.77. The van der Waals surface area contributed by atoms with E-state index in [1.165, 1.54) is 19.3 Å². The summed E-state index contributed by atoms with van der Waals surface area (Å²) in [6.07, 6.45) is 5.26. The molecule has 0 saturated heterocycles. The van der Waals surface area contributed by atoms with Gasteiger partial charge in [0.2, 0.25) is 0 Å².